The summed E-state index contributed by atoms with van der Waals surface area (Å²) in [6.07, 6.45) is 3.67. The zero-order chi connectivity index (χ0) is 18.2. The number of carbonyl (C=O) groups excluding carboxylic acids is 1. The molecule has 0 spiro atoms. The number of methoxy groups -OCH3 is 1. The van der Waals surface area contributed by atoms with Gasteiger partial charge in [-0.25, -0.2) is 4.79 Å². The van der Waals surface area contributed by atoms with Crippen LogP contribution in [0.5, 0.6) is 0 Å². The molecule has 0 aliphatic heterocycles. The average Bonchev–Trinajstić information content (AvgIpc) is 2.63. The molecule has 0 bridgehead atoms. The van der Waals surface area contributed by atoms with Crippen molar-refractivity contribution in [2.45, 2.75) is 26.7 Å². The third-order valence-corrected chi connectivity index (χ3v) is 3.82. The lowest BCUT2D eigenvalue weighted by Crippen LogP contribution is -2.26. The van der Waals surface area contributed by atoms with E-state index < -0.39 is 5.97 Å². The number of nitrogens with zero attached hydrogens (tertiary/aromatic N) is 4. The van der Waals surface area contributed by atoms with E-state index in [0.717, 1.165) is 31.7 Å². The molecule has 0 fully saturated rings. The van der Waals surface area contributed by atoms with E-state index in [1.165, 1.54) is 7.11 Å². The number of hydrogen-bond acceptors (Lipinski definition) is 7. The Bertz CT molecular complexity index is 720. The molecule has 0 amide bonds. The molecule has 25 heavy (non-hydrogen) atoms. The summed E-state index contributed by atoms with van der Waals surface area (Å²) in [5.41, 5.74) is 0.901. The van der Waals surface area contributed by atoms with Gasteiger partial charge in [-0.15, -0.1) is 5.10 Å². The SMILES string of the molecule is CCCN(CCC)c1cnnc(Nc2cc(C(=O)OC)ccc2Cl)n1. The second kappa shape index (κ2) is 9.17. The molecule has 0 saturated heterocycles. The molecule has 134 valence electrons. The topological polar surface area (TPSA) is 80.2 Å². The second-order valence-corrected chi connectivity index (χ2v) is 5.84. The van der Waals surface area contributed by atoms with Crippen LogP contribution in [-0.4, -0.2) is 41.3 Å². The summed E-state index contributed by atoms with van der Waals surface area (Å²) in [4.78, 5) is 18.3. The van der Waals surface area contributed by atoms with Crippen LogP contribution >= 0.6 is 11.6 Å². The Morgan fingerprint density at radius 3 is 2.64 bits per heavy atom. The number of carbonyl (C=O) groups is 1. The fourth-order valence-corrected chi connectivity index (χ4v) is 2.53. The van der Waals surface area contributed by atoms with Crippen LogP contribution in [-0.2, 0) is 4.74 Å². The Morgan fingerprint density at radius 2 is 2.00 bits per heavy atom. The molecule has 0 saturated carbocycles. The van der Waals surface area contributed by atoms with Crippen molar-refractivity contribution < 1.29 is 9.53 Å². The van der Waals surface area contributed by atoms with Crippen molar-refractivity contribution in [2.24, 2.45) is 0 Å². The number of ether oxygens (including phenoxy) is 1. The van der Waals surface area contributed by atoms with Gasteiger partial charge < -0.3 is 15.0 Å². The van der Waals surface area contributed by atoms with E-state index in [4.69, 9.17) is 16.3 Å². The summed E-state index contributed by atoms with van der Waals surface area (Å²) in [6.45, 7) is 6.03. The number of aromatic nitrogens is 3. The lowest BCUT2D eigenvalue weighted by Gasteiger charge is -2.22. The van der Waals surface area contributed by atoms with E-state index in [-0.39, 0.29) is 0 Å². The quantitative estimate of drug-likeness (QED) is 0.716. The Labute approximate surface area is 152 Å². The van der Waals surface area contributed by atoms with Crippen LogP contribution in [0.3, 0.4) is 0 Å². The smallest absolute Gasteiger partial charge is 0.337 e. The van der Waals surface area contributed by atoms with Crippen molar-refractivity contribution >= 4 is 35.0 Å². The predicted molar refractivity (Wildman–Crippen MR) is 98.7 cm³/mol. The van der Waals surface area contributed by atoms with Gasteiger partial charge in [0.2, 0.25) is 5.95 Å². The minimum Gasteiger partial charge on any atom is -0.465 e. The van der Waals surface area contributed by atoms with Crippen molar-refractivity contribution in [3.8, 4) is 0 Å². The average molecular weight is 364 g/mol. The van der Waals surface area contributed by atoms with Crippen molar-refractivity contribution in [3.05, 3.63) is 35.0 Å². The summed E-state index contributed by atoms with van der Waals surface area (Å²) in [7, 11) is 1.33. The first-order valence-electron chi connectivity index (χ1n) is 8.18. The van der Waals surface area contributed by atoms with Crippen molar-refractivity contribution in [1.29, 1.82) is 0 Å². The molecule has 1 N–H and O–H groups in total. The molecular weight excluding hydrogens is 342 g/mol. The van der Waals surface area contributed by atoms with Crippen molar-refractivity contribution in [3.63, 3.8) is 0 Å². The number of rotatable bonds is 8. The van der Waals surface area contributed by atoms with E-state index >= 15 is 0 Å². The van der Waals surface area contributed by atoms with Gasteiger partial charge in [0.1, 0.15) is 0 Å². The van der Waals surface area contributed by atoms with E-state index in [1.54, 1.807) is 24.4 Å². The van der Waals surface area contributed by atoms with E-state index in [9.17, 15) is 4.79 Å². The molecule has 7 nitrogen and oxygen atoms in total. The lowest BCUT2D eigenvalue weighted by atomic mass is 10.2. The summed E-state index contributed by atoms with van der Waals surface area (Å²) in [5.74, 6) is 0.629. The van der Waals surface area contributed by atoms with E-state index in [1.807, 2.05) is 0 Å². The first-order valence-corrected chi connectivity index (χ1v) is 8.56. The highest BCUT2D eigenvalue weighted by Crippen LogP contribution is 2.26. The van der Waals surface area contributed by atoms with Gasteiger partial charge in [0.05, 0.1) is 29.6 Å². The standard InChI is InChI=1S/C17H22ClN5O2/c1-4-8-23(9-5-2)15-11-19-22-17(21-15)20-14-10-12(16(24)25-3)6-7-13(14)18/h6-7,10-11H,4-5,8-9H2,1-3H3,(H,20,21,22). The lowest BCUT2D eigenvalue weighted by molar-refractivity contribution is 0.0601. The van der Waals surface area contributed by atoms with E-state index in [0.29, 0.717) is 22.2 Å². The second-order valence-electron chi connectivity index (χ2n) is 5.44. The van der Waals surface area contributed by atoms with Crippen LogP contribution in [0.2, 0.25) is 5.02 Å². The highest BCUT2D eigenvalue weighted by Gasteiger charge is 2.12. The molecular formula is C17H22ClN5O2. The van der Waals surface area contributed by atoms with Crippen LogP contribution < -0.4 is 10.2 Å². The number of esters is 1. The van der Waals surface area contributed by atoms with Crippen LogP contribution in [0, 0.1) is 0 Å². The summed E-state index contributed by atoms with van der Waals surface area (Å²) < 4.78 is 4.73. The zero-order valence-electron chi connectivity index (χ0n) is 14.6. The fraction of sp³-hybridized carbons (Fsp3) is 0.412. The maximum atomic E-state index is 11.7. The molecule has 0 radical (unpaired) electrons. The zero-order valence-corrected chi connectivity index (χ0v) is 15.4. The molecule has 0 aliphatic carbocycles. The van der Waals surface area contributed by atoms with Crippen LogP contribution in [0.4, 0.5) is 17.5 Å². The molecule has 0 unspecified atom stereocenters. The molecule has 1 heterocycles. The van der Waals surface area contributed by atoms with Gasteiger partial charge in [-0.2, -0.15) is 10.1 Å². The maximum Gasteiger partial charge on any atom is 0.337 e. The monoisotopic (exact) mass is 363 g/mol. The molecule has 0 aliphatic rings. The van der Waals surface area contributed by atoms with Crippen LogP contribution in [0.1, 0.15) is 37.0 Å². The largest absolute Gasteiger partial charge is 0.465 e. The summed E-state index contributed by atoms with van der Waals surface area (Å²) in [6, 6.07) is 4.81. The summed E-state index contributed by atoms with van der Waals surface area (Å²) >= 11 is 6.19. The summed E-state index contributed by atoms with van der Waals surface area (Å²) in [5, 5.41) is 11.5. The number of nitrogens with one attached hydrogen (secondary N) is 1. The third kappa shape index (κ3) is 5.03. The first-order chi connectivity index (χ1) is 12.1. The molecule has 1 aromatic heterocycles. The predicted octanol–water partition coefficient (Wildman–Crippen LogP) is 3.68. The molecule has 2 rings (SSSR count). The van der Waals surface area contributed by atoms with Gasteiger partial charge in [-0.05, 0) is 31.0 Å². The fourth-order valence-electron chi connectivity index (χ4n) is 2.37. The van der Waals surface area contributed by atoms with Gasteiger partial charge in [-0.1, -0.05) is 25.4 Å². The molecule has 8 heteroatoms. The number of anilines is 3. The molecule has 2 aromatic rings. The van der Waals surface area contributed by atoms with Gasteiger partial charge in [0.25, 0.3) is 0 Å². The Kier molecular flexibility index (Phi) is 6.94. The number of hydrogen-bond donors (Lipinski definition) is 1. The molecule has 0 atom stereocenters. The van der Waals surface area contributed by atoms with Crippen molar-refractivity contribution in [2.75, 3.05) is 30.4 Å². The number of halogens is 1. The highest BCUT2D eigenvalue weighted by atomic mass is 35.5. The minimum atomic E-state index is -0.440. The maximum absolute atomic E-state index is 11.7. The van der Waals surface area contributed by atoms with Crippen LogP contribution in [0.25, 0.3) is 0 Å². The normalized spacial score (nSPS) is 10.4. The Hall–Kier alpha value is -2.41. The Balaban J connectivity index is 2.26. The third-order valence-electron chi connectivity index (χ3n) is 3.49. The van der Waals surface area contributed by atoms with Crippen LogP contribution in [0.15, 0.2) is 24.4 Å². The molecule has 1 aromatic carbocycles. The first kappa shape index (κ1) is 18.9. The van der Waals surface area contributed by atoms with Crippen molar-refractivity contribution in [1.82, 2.24) is 15.2 Å². The Morgan fingerprint density at radius 1 is 1.28 bits per heavy atom. The van der Waals surface area contributed by atoms with Gasteiger partial charge in [0, 0.05) is 13.1 Å². The minimum absolute atomic E-state index is 0.318. The van der Waals surface area contributed by atoms with E-state index in [2.05, 4.69) is 39.2 Å². The van der Waals surface area contributed by atoms with Gasteiger partial charge in [0.15, 0.2) is 5.82 Å². The highest BCUT2D eigenvalue weighted by molar-refractivity contribution is 6.33. The van der Waals surface area contributed by atoms with Gasteiger partial charge >= 0.3 is 5.97 Å². The number of benzene rings is 1. The van der Waals surface area contributed by atoms with Gasteiger partial charge in [-0.3, -0.25) is 0 Å².